The first kappa shape index (κ1) is 13.9. The standard InChI is InChI=1S/C16H15NO3S/c1-10(13-7-8-14(20-13)16(18)19-2)21-15-9-11-5-3-4-6-12(11)17-15/h3-8,10H,9H2,1-2H3/t10-/m0/s1. The van der Waals surface area contributed by atoms with E-state index in [1.165, 1.54) is 12.7 Å². The fourth-order valence-electron chi connectivity index (χ4n) is 2.22. The lowest BCUT2D eigenvalue weighted by Crippen LogP contribution is -1.99. The normalized spacial score (nSPS) is 14.5. The molecule has 2 aromatic rings. The average molecular weight is 301 g/mol. The van der Waals surface area contributed by atoms with Gasteiger partial charge in [0.15, 0.2) is 0 Å². The van der Waals surface area contributed by atoms with Crippen LogP contribution in [-0.2, 0) is 11.2 Å². The molecule has 0 aliphatic carbocycles. The van der Waals surface area contributed by atoms with Crippen molar-refractivity contribution in [1.82, 2.24) is 0 Å². The number of para-hydroxylation sites is 1. The molecule has 0 spiro atoms. The van der Waals surface area contributed by atoms with Gasteiger partial charge in [-0.15, -0.1) is 0 Å². The van der Waals surface area contributed by atoms with Gasteiger partial charge in [-0.25, -0.2) is 9.79 Å². The topological polar surface area (TPSA) is 51.8 Å². The third kappa shape index (κ3) is 2.88. The van der Waals surface area contributed by atoms with Crippen LogP contribution in [0.4, 0.5) is 5.69 Å². The fraction of sp³-hybridized carbons (Fsp3) is 0.250. The maximum atomic E-state index is 11.4. The van der Waals surface area contributed by atoms with Crippen LogP contribution in [-0.4, -0.2) is 18.1 Å². The van der Waals surface area contributed by atoms with E-state index in [2.05, 4.69) is 15.8 Å². The zero-order chi connectivity index (χ0) is 14.8. The van der Waals surface area contributed by atoms with Gasteiger partial charge in [0.2, 0.25) is 5.76 Å². The van der Waals surface area contributed by atoms with E-state index in [0.29, 0.717) is 0 Å². The van der Waals surface area contributed by atoms with Gasteiger partial charge in [-0.3, -0.25) is 0 Å². The summed E-state index contributed by atoms with van der Waals surface area (Å²) in [6.07, 6.45) is 0.857. The fourth-order valence-corrected chi connectivity index (χ4v) is 3.26. The van der Waals surface area contributed by atoms with Crippen molar-refractivity contribution in [2.45, 2.75) is 18.6 Å². The number of hydrogen-bond donors (Lipinski definition) is 0. The van der Waals surface area contributed by atoms with E-state index in [-0.39, 0.29) is 11.0 Å². The predicted molar refractivity (Wildman–Crippen MR) is 83.3 cm³/mol. The summed E-state index contributed by atoms with van der Waals surface area (Å²) in [6.45, 7) is 2.04. The second-order valence-corrected chi connectivity index (χ2v) is 6.18. The number of fused-ring (bicyclic) bond motifs is 1. The molecule has 3 rings (SSSR count). The van der Waals surface area contributed by atoms with Crippen LogP contribution in [0.25, 0.3) is 0 Å². The van der Waals surface area contributed by atoms with Crippen molar-refractivity contribution < 1.29 is 13.9 Å². The predicted octanol–water partition coefficient (Wildman–Crippen LogP) is 4.15. The Hall–Kier alpha value is -2.01. The summed E-state index contributed by atoms with van der Waals surface area (Å²) < 4.78 is 10.2. The summed E-state index contributed by atoms with van der Waals surface area (Å²) in [5.41, 5.74) is 2.30. The Bertz CT molecular complexity index is 705. The molecule has 0 N–H and O–H groups in total. The third-order valence-corrected chi connectivity index (χ3v) is 4.40. The number of furan rings is 1. The monoisotopic (exact) mass is 301 g/mol. The van der Waals surface area contributed by atoms with E-state index in [0.717, 1.165) is 22.9 Å². The van der Waals surface area contributed by atoms with E-state index in [1.807, 2.05) is 31.2 Å². The Morgan fingerprint density at radius 3 is 2.90 bits per heavy atom. The van der Waals surface area contributed by atoms with Crippen molar-refractivity contribution in [2.75, 3.05) is 7.11 Å². The molecular formula is C16H15NO3S. The first-order valence-corrected chi connectivity index (χ1v) is 7.55. The Kier molecular flexibility index (Phi) is 3.84. The van der Waals surface area contributed by atoms with E-state index in [4.69, 9.17) is 4.42 Å². The van der Waals surface area contributed by atoms with Gasteiger partial charge in [-0.05, 0) is 30.7 Å². The number of ether oxygens (including phenoxy) is 1. The highest BCUT2D eigenvalue weighted by atomic mass is 32.2. The smallest absolute Gasteiger partial charge is 0.373 e. The minimum atomic E-state index is -0.455. The summed E-state index contributed by atoms with van der Waals surface area (Å²) in [6, 6.07) is 11.6. The van der Waals surface area contributed by atoms with Gasteiger partial charge >= 0.3 is 5.97 Å². The number of hydrogen-bond acceptors (Lipinski definition) is 5. The molecule has 21 heavy (non-hydrogen) atoms. The van der Waals surface area contributed by atoms with Crippen LogP contribution in [0.2, 0.25) is 0 Å². The number of esters is 1. The van der Waals surface area contributed by atoms with Gasteiger partial charge in [0.1, 0.15) is 5.76 Å². The van der Waals surface area contributed by atoms with Crippen LogP contribution in [0, 0.1) is 0 Å². The molecule has 108 valence electrons. The first-order valence-electron chi connectivity index (χ1n) is 6.67. The molecule has 0 saturated heterocycles. The molecule has 1 aliphatic rings. The molecule has 1 aromatic carbocycles. The minimum absolute atomic E-state index is 0.0940. The van der Waals surface area contributed by atoms with Gasteiger partial charge in [0.25, 0.3) is 0 Å². The molecule has 4 nitrogen and oxygen atoms in total. The Labute approximate surface area is 127 Å². The zero-order valence-electron chi connectivity index (χ0n) is 11.8. The molecule has 0 radical (unpaired) electrons. The number of nitrogens with zero attached hydrogens (tertiary/aromatic N) is 1. The molecule has 0 unspecified atom stereocenters. The van der Waals surface area contributed by atoms with Crippen LogP contribution < -0.4 is 0 Å². The molecule has 0 amide bonds. The van der Waals surface area contributed by atoms with Crippen LogP contribution in [0.1, 0.15) is 34.1 Å². The second kappa shape index (κ2) is 5.77. The third-order valence-electron chi connectivity index (χ3n) is 3.31. The maximum absolute atomic E-state index is 11.4. The number of carbonyl (C=O) groups is 1. The van der Waals surface area contributed by atoms with E-state index >= 15 is 0 Å². The van der Waals surface area contributed by atoms with Crippen molar-refractivity contribution in [3.8, 4) is 0 Å². The SMILES string of the molecule is COC(=O)c1ccc([C@H](C)SC2=Nc3ccccc3C2)o1. The highest BCUT2D eigenvalue weighted by Crippen LogP contribution is 2.37. The van der Waals surface area contributed by atoms with Gasteiger partial charge in [-0.2, -0.15) is 0 Å². The van der Waals surface area contributed by atoms with E-state index < -0.39 is 5.97 Å². The molecule has 5 heteroatoms. The molecule has 1 aromatic heterocycles. The van der Waals surface area contributed by atoms with E-state index in [1.54, 1.807) is 17.8 Å². The summed E-state index contributed by atoms with van der Waals surface area (Å²) in [7, 11) is 1.34. The van der Waals surface area contributed by atoms with Crippen LogP contribution in [0.5, 0.6) is 0 Å². The van der Waals surface area contributed by atoms with Gasteiger partial charge < -0.3 is 9.15 Å². The van der Waals surface area contributed by atoms with Crippen molar-refractivity contribution >= 4 is 28.5 Å². The number of carbonyl (C=O) groups excluding carboxylic acids is 1. The molecule has 0 bridgehead atoms. The number of rotatable bonds is 3. The van der Waals surface area contributed by atoms with Gasteiger partial charge in [0.05, 0.1) is 23.1 Å². The highest BCUT2D eigenvalue weighted by molar-refractivity contribution is 8.14. The second-order valence-electron chi connectivity index (χ2n) is 4.76. The Morgan fingerprint density at radius 1 is 1.33 bits per heavy atom. The average Bonchev–Trinajstić information content (AvgIpc) is 3.12. The van der Waals surface area contributed by atoms with Crippen molar-refractivity contribution in [3.63, 3.8) is 0 Å². The summed E-state index contributed by atoms with van der Waals surface area (Å²) in [5.74, 6) is 0.528. The van der Waals surface area contributed by atoms with Crippen molar-refractivity contribution in [2.24, 2.45) is 4.99 Å². The number of aliphatic imine (C=N–C) groups is 1. The van der Waals surface area contributed by atoms with Crippen LogP contribution >= 0.6 is 11.8 Å². The number of thioether (sulfide) groups is 1. The molecule has 0 fully saturated rings. The Balaban J connectivity index is 1.69. The van der Waals surface area contributed by atoms with Crippen molar-refractivity contribution in [1.29, 1.82) is 0 Å². The lowest BCUT2D eigenvalue weighted by Gasteiger charge is -2.07. The number of methoxy groups -OCH3 is 1. The van der Waals surface area contributed by atoms with Crippen molar-refractivity contribution in [3.05, 3.63) is 53.5 Å². The summed E-state index contributed by atoms with van der Waals surface area (Å²) >= 11 is 1.65. The zero-order valence-corrected chi connectivity index (χ0v) is 12.6. The summed E-state index contributed by atoms with van der Waals surface area (Å²) in [5, 5.41) is 1.16. The number of benzene rings is 1. The minimum Gasteiger partial charge on any atom is -0.463 e. The molecule has 1 atom stereocenters. The molecule has 2 heterocycles. The quantitative estimate of drug-likeness (QED) is 0.799. The largest absolute Gasteiger partial charge is 0.463 e. The molecule has 1 aliphatic heterocycles. The van der Waals surface area contributed by atoms with Gasteiger partial charge in [-0.1, -0.05) is 30.0 Å². The highest BCUT2D eigenvalue weighted by Gasteiger charge is 2.20. The molecular weight excluding hydrogens is 286 g/mol. The van der Waals surface area contributed by atoms with Crippen LogP contribution in [0.15, 0.2) is 45.8 Å². The summed E-state index contributed by atoms with van der Waals surface area (Å²) in [4.78, 5) is 16.0. The van der Waals surface area contributed by atoms with Crippen LogP contribution in [0.3, 0.4) is 0 Å². The van der Waals surface area contributed by atoms with E-state index in [9.17, 15) is 4.79 Å². The Morgan fingerprint density at radius 2 is 2.14 bits per heavy atom. The lowest BCUT2D eigenvalue weighted by molar-refractivity contribution is 0.0563. The first-order chi connectivity index (χ1) is 10.2. The van der Waals surface area contributed by atoms with Gasteiger partial charge in [0, 0.05) is 6.42 Å². The molecule has 0 saturated carbocycles. The lowest BCUT2D eigenvalue weighted by atomic mass is 10.2. The maximum Gasteiger partial charge on any atom is 0.373 e.